The van der Waals surface area contributed by atoms with E-state index in [1.165, 1.54) is 38.9 Å². The third-order valence-electron chi connectivity index (χ3n) is 8.24. The minimum absolute atomic E-state index is 0.154. The molecule has 0 bridgehead atoms. The summed E-state index contributed by atoms with van der Waals surface area (Å²) in [5.41, 5.74) is 10.4. The van der Waals surface area contributed by atoms with Gasteiger partial charge in [-0.05, 0) is 81.8 Å². The quantitative estimate of drug-likeness (QED) is 0.187. The van der Waals surface area contributed by atoms with Crippen molar-refractivity contribution in [2.45, 2.75) is 79.8 Å². The van der Waals surface area contributed by atoms with Gasteiger partial charge in [-0.1, -0.05) is 108 Å². The van der Waals surface area contributed by atoms with Gasteiger partial charge in [-0.2, -0.15) is 0 Å². The molecule has 4 nitrogen and oxygen atoms in total. The van der Waals surface area contributed by atoms with Gasteiger partial charge in [0.25, 0.3) is 0 Å². The largest absolute Gasteiger partial charge is 0.456 e. The van der Waals surface area contributed by atoms with E-state index in [0.29, 0.717) is 12.1 Å². The van der Waals surface area contributed by atoms with Crippen molar-refractivity contribution in [2.24, 2.45) is 5.92 Å². The highest BCUT2D eigenvalue weighted by Crippen LogP contribution is 2.32. The minimum atomic E-state index is -0.949. The second kappa shape index (κ2) is 14.0. The van der Waals surface area contributed by atoms with E-state index >= 15 is 0 Å². The topological polar surface area (TPSA) is 49.8 Å². The fraction of sp³-hybridized carbons (Fsp3) is 0.342. The van der Waals surface area contributed by atoms with E-state index in [9.17, 15) is 9.90 Å². The molecule has 42 heavy (non-hydrogen) atoms. The predicted molar refractivity (Wildman–Crippen MR) is 171 cm³/mol. The number of aryl methyl sites for hydroxylation is 5. The Morgan fingerprint density at radius 2 is 1.21 bits per heavy atom. The summed E-state index contributed by atoms with van der Waals surface area (Å²) in [6.07, 6.45) is -1.48. The van der Waals surface area contributed by atoms with Crippen LogP contribution in [-0.2, 0) is 22.6 Å². The maximum atomic E-state index is 13.6. The van der Waals surface area contributed by atoms with Crippen LogP contribution in [-0.4, -0.2) is 22.0 Å². The highest BCUT2D eigenvalue weighted by atomic mass is 16.5. The molecule has 0 heterocycles. The van der Waals surface area contributed by atoms with E-state index in [0.717, 1.165) is 12.1 Å². The molecular formula is C38H45NO3. The summed E-state index contributed by atoms with van der Waals surface area (Å²) in [5, 5.41) is 11.0. The van der Waals surface area contributed by atoms with Gasteiger partial charge in [-0.25, -0.2) is 0 Å². The molecule has 4 aromatic rings. The van der Waals surface area contributed by atoms with Gasteiger partial charge in [0.05, 0.1) is 12.0 Å². The van der Waals surface area contributed by atoms with Crippen molar-refractivity contribution >= 4 is 5.97 Å². The zero-order valence-electron chi connectivity index (χ0n) is 26.1. The molecule has 0 aliphatic rings. The number of rotatable bonds is 11. The van der Waals surface area contributed by atoms with Crippen molar-refractivity contribution in [3.63, 3.8) is 0 Å². The van der Waals surface area contributed by atoms with Gasteiger partial charge in [0, 0.05) is 19.1 Å². The number of carbonyl (C=O) groups is 1. The van der Waals surface area contributed by atoms with Crippen molar-refractivity contribution in [1.29, 1.82) is 0 Å². The molecule has 0 amide bonds. The Hall–Kier alpha value is -3.73. The smallest absolute Gasteiger partial charge is 0.312 e. The standard InChI is InChI=1S/C38H45NO3/c1-25-18-26(2)22-32(21-25)23-39(24-35-28(4)19-27(3)20-29(35)5)31(7)37(34-16-12-9-13-17-34)42-38(41)30(6)36(40)33-14-10-8-11-15-33/h8-22,30-31,36-37,40H,23-24H2,1-7H3/t30-,31+,36+,37+/m1/s1. The molecule has 4 aromatic carbocycles. The highest BCUT2D eigenvalue weighted by Gasteiger charge is 2.33. The SMILES string of the molecule is Cc1cc(C)cc(CN(Cc2c(C)cc(C)cc2C)[C@@H](C)[C@H](OC(=O)[C@H](C)[C@H](O)c2ccccc2)c2ccccc2)c1. The van der Waals surface area contributed by atoms with Crippen LogP contribution >= 0.6 is 0 Å². The van der Waals surface area contributed by atoms with Crippen LogP contribution in [0.4, 0.5) is 0 Å². The summed E-state index contributed by atoms with van der Waals surface area (Å²) in [6, 6.07) is 30.3. The lowest BCUT2D eigenvalue weighted by Crippen LogP contribution is -2.39. The Balaban J connectivity index is 1.70. The van der Waals surface area contributed by atoms with Crippen LogP contribution in [0.2, 0.25) is 0 Å². The molecule has 0 saturated carbocycles. The highest BCUT2D eigenvalue weighted by molar-refractivity contribution is 5.73. The van der Waals surface area contributed by atoms with Crippen molar-refractivity contribution in [2.75, 3.05) is 0 Å². The Morgan fingerprint density at radius 1 is 0.714 bits per heavy atom. The van der Waals surface area contributed by atoms with Crippen LogP contribution in [0.5, 0.6) is 0 Å². The molecule has 0 saturated heterocycles. The van der Waals surface area contributed by atoms with Gasteiger partial charge in [-0.15, -0.1) is 0 Å². The Morgan fingerprint density at radius 3 is 1.76 bits per heavy atom. The number of hydrogen-bond donors (Lipinski definition) is 1. The Kier molecular flexibility index (Phi) is 10.4. The minimum Gasteiger partial charge on any atom is -0.456 e. The second-order valence-corrected chi connectivity index (χ2v) is 11.9. The van der Waals surface area contributed by atoms with Gasteiger partial charge < -0.3 is 9.84 Å². The molecule has 0 radical (unpaired) electrons. The number of carbonyl (C=O) groups excluding carboxylic acids is 1. The molecule has 0 spiro atoms. The third kappa shape index (κ3) is 7.76. The number of aliphatic hydroxyl groups excluding tert-OH is 1. The monoisotopic (exact) mass is 563 g/mol. The van der Waals surface area contributed by atoms with E-state index in [-0.39, 0.29) is 6.04 Å². The molecule has 4 rings (SSSR count). The number of aliphatic hydroxyl groups is 1. The van der Waals surface area contributed by atoms with E-state index in [1.54, 1.807) is 6.92 Å². The third-order valence-corrected chi connectivity index (χ3v) is 8.24. The fourth-order valence-electron chi connectivity index (χ4n) is 5.98. The summed E-state index contributed by atoms with van der Waals surface area (Å²) < 4.78 is 6.35. The molecule has 0 aromatic heterocycles. The first-order valence-corrected chi connectivity index (χ1v) is 14.9. The molecular weight excluding hydrogens is 518 g/mol. The van der Waals surface area contributed by atoms with Crippen molar-refractivity contribution < 1.29 is 14.6 Å². The number of hydrogen-bond acceptors (Lipinski definition) is 4. The first-order chi connectivity index (χ1) is 20.0. The summed E-state index contributed by atoms with van der Waals surface area (Å²) in [5.74, 6) is -1.14. The molecule has 220 valence electrons. The van der Waals surface area contributed by atoms with Crippen LogP contribution in [0.1, 0.15) is 76.1 Å². The van der Waals surface area contributed by atoms with E-state index in [1.807, 2.05) is 60.7 Å². The van der Waals surface area contributed by atoms with Gasteiger partial charge in [0.1, 0.15) is 6.10 Å². The van der Waals surface area contributed by atoms with Crippen LogP contribution in [0, 0.1) is 40.5 Å². The van der Waals surface area contributed by atoms with Crippen molar-refractivity contribution in [3.05, 3.63) is 141 Å². The first kappa shape index (κ1) is 31.2. The Labute approximate surface area is 252 Å². The van der Waals surface area contributed by atoms with E-state index in [2.05, 4.69) is 76.8 Å². The van der Waals surface area contributed by atoms with Crippen LogP contribution in [0.3, 0.4) is 0 Å². The maximum Gasteiger partial charge on any atom is 0.312 e. The predicted octanol–water partition coefficient (Wildman–Crippen LogP) is 8.27. The van der Waals surface area contributed by atoms with E-state index < -0.39 is 24.1 Å². The lowest BCUT2D eigenvalue weighted by molar-refractivity contribution is -0.161. The average Bonchev–Trinajstić information content (AvgIpc) is 2.96. The number of nitrogens with zero attached hydrogens (tertiary/aromatic N) is 1. The van der Waals surface area contributed by atoms with Crippen LogP contribution < -0.4 is 0 Å². The van der Waals surface area contributed by atoms with Crippen molar-refractivity contribution in [1.82, 2.24) is 4.90 Å². The zero-order valence-corrected chi connectivity index (χ0v) is 26.1. The summed E-state index contributed by atoms with van der Waals surface area (Å²) in [4.78, 5) is 16.0. The van der Waals surface area contributed by atoms with Crippen LogP contribution in [0.25, 0.3) is 0 Å². The van der Waals surface area contributed by atoms with Gasteiger partial charge in [-0.3, -0.25) is 9.69 Å². The van der Waals surface area contributed by atoms with E-state index in [4.69, 9.17) is 4.74 Å². The number of benzene rings is 4. The van der Waals surface area contributed by atoms with Gasteiger partial charge in [0.15, 0.2) is 0 Å². The van der Waals surface area contributed by atoms with Gasteiger partial charge in [0.2, 0.25) is 0 Å². The zero-order chi connectivity index (χ0) is 30.4. The second-order valence-electron chi connectivity index (χ2n) is 11.9. The lowest BCUT2D eigenvalue weighted by Gasteiger charge is -2.36. The van der Waals surface area contributed by atoms with Gasteiger partial charge >= 0.3 is 5.97 Å². The summed E-state index contributed by atoms with van der Waals surface area (Å²) in [7, 11) is 0. The lowest BCUT2D eigenvalue weighted by atomic mass is 9.95. The fourth-order valence-corrected chi connectivity index (χ4v) is 5.98. The molecule has 1 N–H and O–H groups in total. The normalized spacial score (nSPS) is 14.3. The maximum absolute atomic E-state index is 13.6. The average molecular weight is 564 g/mol. The molecule has 0 aliphatic carbocycles. The van der Waals surface area contributed by atoms with Crippen LogP contribution in [0.15, 0.2) is 91.0 Å². The first-order valence-electron chi connectivity index (χ1n) is 14.9. The molecule has 0 aliphatic heterocycles. The molecule has 0 fully saturated rings. The molecule has 0 unspecified atom stereocenters. The number of ether oxygens (including phenoxy) is 1. The summed E-state index contributed by atoms with van der Waals surface area (Å²) >= 11 is 0. The molecule has 4 atom stereocenters. The molecule has 4 heteroatoms. The number of esters is 1. The summed E-state index contributed by atoms with van der Waals surface area (Å²) in [6.45, 7) is 16.1. The van der Waals surface area contributed by atoms with Crippen molar-refractivity contribution in [3.8, 4) is 0 Å². The Bertz CT molecular complexity index is 1440.